The fourth-order valence-corrected chi connectivity index (χ4v) is 2.54. The summed E-state index contributed by atoms with van der Waals surface area (Å²) in [5, 5.41) is 2.84. The molecule has 2 rings (SSSR count). The van der Waals surface area contributed by atoms with Crippen LogP contribution in [0.1, 0.15) is 0 Å². The molecule has 0 spiro atoms. The lowest BCUT2D eigenvalue weighted by Crippen LogP contribution is -2.14. The van der Waals surface area contributed by atoms with Gasteiger partial charge in [0, 0.05) is 15.6 Å². The molecule has 1 heterocycles. The summed E-state index contributed by atoms with van der Waals surface area (Å²) in [6, 6.07) is 9.28. The number of anilines is 2. The minimum atomic E-state index is -0.0758. The van der Waals surface area contributed by atoms with E-state index in [-0.39, 0.29) is 5.91 Å². The molecule has 0 unspecified atom stereocenters. The largest absolute Gasteiger partial charge is 0.397 e. The van der Waals surface area contributed by atoms with E-state index in [9.17, 15) is 4.79 Å². The quantitative estimate of drug-likeness (QED) is 0.841. The van der Waals surface area contributed by atoms with Gasteiger partial charge in [0.05, 0.1) is 23.3 Å². The Morgan fingerprint density at radius 2 is 2.16 bits per heavy atom. The maximum Gasteiger partial charge on any atom is 0.234 e. The minimum Gasteiger partial charge on any atom is -0.397 e. The van der Waals surface area contributed by atoms with Gasteiger partial charge in [0.25, 0.3) is 0 Å². The van der Waals surface area contributed by atoms with Gasteiger partial charge >= 0.3 is 0 Å². The first-order valence-corrected chi connectivity index (χ1v) is 7.31. The van der Waals surface area contributed by atoms with Gasteiger partial charge in [-0.15, -0.1) is 11.8 Å². The number of thioether (sulfide) groups is 1. The third-order valence-corrected chi connectivity index (χ3v) is 4.10. The predicted octanol–water partition coefficient (Wildman–Crippen LogP) is 3.16. The molecule has 19 heavy (non-hydrogen) atoms. The van der Waals surface area contributed by atoms with Crippen LogP contribution in [0, 0.1) is 0 Å². The second-order valence-electron chi connectivity index (χ2n) is 3.73. The van der Waals surface area contributed by atoms with Crippen molar-refractivity contribution in [1.29, 1.82) is 0 Å². The summed E-state index contributed by atoms with van der Waals surface area (Å²) in [6.07, 6.45) is 3.23. The molecule has 0 bridgehead atoms. The van der Waals surface area contributed by atoms with Crippen LogP contribution in [0.3, 0.4) is 0 Å². The van der Waals surface area contributed by atoms with Crippen LogP contribution in [0.4, 0.5) is 11.4 Å². The maximum absolute atomic E-state index is 11.8. The van der Waals surface area contributed by atoms with Gasteiger partial charge in [0.1, 0.15) is 0 Å². The summed E-state index contributed by atoms with van der Waals surface area (Å²) in [5.41, 5.74) is 7.11. The second-order valence-corrected chi connectivity index (χ2v) is 5.60. The smallest absolute Gasteiger partial charge is 0.234 e. The zero-order chi connectivity index (χ0) is 13.7. The molecule has 2 aromatic rings. The molecule has 3 N–H and O–H groups in total. The van der Waals surface area contributed by atoms with Gasteiger partial charge in [-0.1, -0.05) is 12.1 Å². The normalized spacial score (nSPS) is 10.2. The number of benzene rings is 1. The number of para-hydroxylation sites is 1. The number of hydrogen-bond donors (Lipinski definition) is 2. The Morgan fingerprint density at radius 3 is 2.89 bits per heavy atom. The molecule has 6 heteroatoms. The van der Waals surface area contributed by atoms with Crippen LogP contribution in [0.5, 0.6) is 0 Å². The molecule has 0 saturated carbocycles. The number of nitrogen functional groups attached to an aromatic ring is 1. The van der Waals surface area contributed by atoms with Crippen molar-refractivity contribution in [3.8, 4) is 0 Å². The number of hydrogen-bond acceptors (Lipinski definition) is 4. The van der Waals surface area contributed by atoms with E-state index in [1.807, 2.05) is 24.3 Å². The monoisotopic (exact) mass is 337 g/mol. The lowest BCUT2D eigenvalue weighted by molar-refractivity contribution is -0.113. The van der Waals surface area contributed by atoms with E-state index in [0.717, 1.165) is 15.1 Å². The van der Waals surface area contributed by atoms with Crippen LogP contribution in [0.15, 0.2) is 52.1 Å². The highest BCUT2D eigenvalue weighted by Gasteiger charge is 2.07. The Hall–Kier alpha value is -1.53. The van der Waals surface area contributed by atoms with Crippen molar-refractivity contribution in [2.45, 2.75) is 4.90 Å². The van der Waals surface area contributed by atoms with Gasteiger partial charge in [0.15, 0.2) is 0 Å². The van der Waals surface area contributed by atoms with E-state index in [2.05, 4.69) is 26.2 Å². The standard InChI is InChI=1S/C13H12BrN3OS/c14-9-3-1-2-4-11(9)17-13(18)8-19-12-5-6-16-7-10(12)15/h1-7H,8,15H2,(H,17,18). The molecular weight excluding hydrogens is 326 g/mol. The third-order valence-electron chi connectivity index (χ3n) is 2.32. The van der Waals surface area contributed by atoms with Gasteiger partial charge < -0.3 is 11.1 Å². The second kappa shape index (κ2) is 6.58. The summed E-state index contributed by atoms with van der Waals surface area (Å²) in [6.45, 7) is 0. The van der Waals surface area contributed by atoms with Crippen molar-refractivity contribution in [3.05, 3.63) is 47.2 Å². The molecule has 98 valence electrons. The molecule has 0 fully saturated rings. The highest BCUT2D eigenvalue weighted by Crippen LogP contribution is 2.25. The molecule has 0 atom stereocenters. The van der Waals surface area contributed by atoms with E-state index in [1.54, 1.807) is 18.5 Å². The van der Waals surface area contributed by atoms with E-state index in [0.29, 0.717) is 11.4 Å². The fraction of sp³-hybridized carbons (Fsp3) is 0.0769. The van der Waals surface area contributed by atoms with E-state index in [4.69, 9.17) is 5.73 Å². The number of nitrogens with two attached hydrogens (primary N) is 1. The first-order chi connectivity index (χ1) is 9.16. The van der Waals surface area contributed by atoms with Crippen LogP contribution in [-0.4, -0.2) is 16.6 Å². The van der Waals surface area contributed by atoms with Crippen molar-refractivity contribution in [3.63, 3.8) is 0 Å². The minimum absolute atomic E-state index is 0.0758. The van der Waals surface area contributed by atoms with Crippen molar-refractivity contribution in [1.82, 2.24) is 4.98 Å². The highest BCUT2D eigenvalue weighted by molar-refractivity contribution is 9.10. The lowest BCUT2D eigenvalue weighted by atomic mass is 10.3. The summed E-state index contributed by atoms with van der Waals surface area (Å²) < 4.78 is 0.858. The number of halogens is 1. The van der Waals surface area contributed by atoms with Gasteiger partial charge in [-0.2, -0.15) is 0 Å². The molecule has 0 aliphatic heterocycles. The molecule has 0 aliphatic carbocycles. The Labute approximate surface area is 123 Å². The first kappa shape index (κ1) is 13.9. The fourth-order valence-electron chi connectivity index (χ4n) is 1.42. The third kappa shape index (κ3) is 3.97. The topological polar surface area (TPSA) is 68.0 Å². The maximum atomic E-state index is 11.8. The van der Waals surface area contributed by atoms with E-state index in [1.165, 1.54) is 11.8 Å². The Bertz CT molecular complexity index is 592. The average molecular weight is 338 g/mol. The van der Waals surface area contributed by atoms with Crippen LogP contribution >= 0.6 is 27.7 Å². The molecule has 1 amide bonds. The first-order valence-electron chi connectivity index (χ1n) is 5.53. The van der Waals surface area contributed by atoms with Gasteiger partial charge in [-0.05, 0) is 34.1 Å². The Balaban J connectivity index is 1.92. The molecule has 4 nitrogen and oxygen atoms in total. The summed E-state index contributed by atoms with van der Waals surface area (Å²) in [4.78, 5) is 16.6. The van der Waals surface area contributed by atoms with Crippen LogP contribution in [0.25, 0.3) is 0 Å². The predicted molar refractivity (Wildman–Crippen MR) is 82.1 cm³/mol. The van der Waals surface area contributed by atoms with E-state index >= 15 is 0 Å². The zero-order valence-corrected chi connectivity index (χ0v) is 12.4. The highest BCUT2D eigenvalue weighted by atomic mass is 79.9. The average Bonchev–Trinajstić information content (AvgIpc) is 2.40. The van der Waals surface area contributed by atoms with Gasteiger partial charge in [-0.25, -0.2) is 0 Å². The van der Waals surface area contributed by atoms with Crippen molar-refractivity contribution in [2.75, 3.05) is 16.8 Å². The summed E-state index contributed by atoms with van der Waals surface area (Å²) in [5.74, 6) is 0.225. The lowest BCUT2D eigenvalue weighted by Gasteiger charge is -2.07. The number of nitrogens with zero attached hydrogens (tertiary/aromatic N) is 1. The zero-order valence-electron chi connectivity index (χ0n) is 9.97. The number of carbonyl (C=O) groups is 1. The molecular formula is C13H12BrN3OS. The summed E-state index contributed by atoms with van der Waals surface area (Å²) in [7, 11) is 0. The van der Waals surface area contributed by atoms with E-state index < -0.39 is 0 Å². The molecule has 0 saturated heterocycles. The SMILES string of the molecule is Nc1cnccc1SCC(=O)Nc1ccccc1Br. The number of nitrogens with one attached hydrogen (secondary N) is 1. The number of rotatable bonds is 4. The van der Waals surface area contributed by atoms with Crippen molar-refractivity contribution in [2.24, 2.45) is 0 Å². The Morgan fingerprint density at radius 1 is 1.37 bits per heavy atom. The number of aromatic nitrogens is 1. The van der Waals surface area contributed by atoms with Crippen LogP contribution in [0.2, 0.25) is 0 Å². The number of amides is 1. The summed E-state index contributed by atoms with van der Waals surface area (Å²) >= 11 is 4.77. The number of carbonyl (C=O) groups excluding carboxylic acids is 1. The molecule has 1 aromatic carbocycles. The van der Waals surface area contributed by atoms with Crippen molar-refractivity contribution < 1.29 is 4.79 Å². The molecule has 0 radical (unpaired) electrons. The number of pyridine rings is 1. The van der Waals surface area contributed by atoms with Crippen molar-refractivity contribution >= 4 is 45.0 Å². The molecule has 1 aromatic heterocycles. The van der Waals surface area contributed by atoms with Gasteiger partial charge in [0.2, 0.25) is 5.91 Å². The molecule has 0 aliphatic rings. The Kier molecular flexibility index (Phi) is 4.81. The van der Waals surface area contributed by atoms with Crippen LogP contribution in [-0.2, 0) is 4.79 Å². The van der Waals surface area contributed by atoms with Crippen LogP contribution < -0.4 is 11.1 Å². The van der Waals surface area contributed by atoms with Gasteiger partial charge in [-0.3, -0.25) is 9.78 Å².